The molecular formula is C17H25ClNO3P. The molecule has 0 aromatic heterocycles. The number of aliphatic hydroxyl groups is 1. The van der Waals surface area contributed by atoms with E-state index in [9.17, 15) is 9.69 Å². The Bertz CT molecular complexity index is 596. The van der Waals surface area contributed by atoms with Crippen LogP contribution in [-0.4, -0.2) is 35.0 Å². The third-order valence-electron chi connectivity index (χ3n) is 3.28. The first-order valence-corrected chi connectivity index (χ1v) is 10.2. The summed E-state index contributed by atoms with van der Waals surface area (Å²) in [6, 6.07) is 7.45. The van der Waals surface area contributed by atoms with Crippen LogP contribution in [0.25, 0.3) is 0 Å². The second-order valence-electron chi connectivity index (χ2n) is 5.92. The fourth-order valence-corrected chi connectivity index (χ4v) is 3.69. The van der Waals surface area contributed by atoms with Gasteiger partial charge in [-0.15, -0.1) is 0 Å². The summed E-state index contributed by atoms with van der Waals surface area (Å²) in [4.78, 5) is 22.1. The van der Waals surface area contributed by atoms with Gasteiger partial charge in [-0.25, -0.2) is 0 Å². The van der Waals surface area contributed by atoms with Gasteiger partial charge >= 0.3 is 0 Å². The average molecular weight is 358 g/mol. The largest absolute Gasteiger partial charge is 0.391 e. The molecule has 1 amide bonds. The molecule has 0 spiro atoms. The molecule has 0 bridgehead atoms. The van der Waals surface area contributed by atoms with E-state index in [-0.39, 0.29) is 18.4 Å². The third-order valence-corrected chi connectivity index (χ3v) is 5.60. The Morgan fingerprint density at radius 3 is 2.52 bits per heavy atom. The maximum absolute atomic E-state index is 11.6. The summed E-state index contributed by atoms with van der Waals surface area (Å²) in [5.74, 6) is -0.0872. The molecule has 4 nitrogen and oxygen atoms in total. The van der Waals surface area contributed by atoms with Crippen LogP contribution in [-0.2, 0) is 11.0 Å². The highest BCUT2D eigenvalue weighted by Crippen LogP contribution is 2.44. The van der Waals surface area contributed by atoms with Gasteiger partial charge in [0.15, 0.2) is 0 Å². The number of nitrogens with one attached hydrogen (secondary N) is 1. The van der Waals surface area contributed by atoms with Crippen molar-refractivity contribution >= 4 is 36.6 Å². The molecule has 0 fully saturated rings. The Morgan fingerprint density at radius 1 is 1.39 bits per heavy atom. The zero-order valence-electron chi connectivity index (χ0n) is 13.6. The number of allylic oxidation sites excluding steroid dienone is 1. The second-order valence-corrected chi connectivity index (χ2v) is 9.35. The number of halogens is 1. The number of aliphatic hydroxyl groups excluding tert-OH is 1. The smallest absolute Gasteiger partial charge is 0.226 e. The van der Waals surface area contributed by atoms with Gasteiger partial charge in [-0.3, -0.25) is 4.79 Å². The Labute approximate surface area is 143 Å². The van der Waals surface area contributed by atoms with Crippen molar-refractivity contribution in [3.8, 4) is 0 Å². The van der Waals surface area contributed by atoms with Crippen molar-refractivity contribution in [2.45, 2.75) is 26.4 Å². The van der Waals surface area contributed by atoms with Gasteiger partial charge in [0.2, 0.25) is 5.91 Å². The molecule has 6 heteroatoms. The first-order valence-electron chi connectivity index (χ1n) is 7.53. The Hall–Kier alpha value is -1.06. The van der Waals surface area contributed by atoms with Crippen LogP contribution in [0.5, 0.6) is 0 Å². The van der Waals surface area contributed by atoms with E-state index in [1.54, 1.807) is 6.08 Å². The number of hydrogen-bond donors (Lipinski definition) is 3. The number of amides is 1. The van der Waals surface area contributed by atoms with Crippen molar-refractivity contribution in [1.29, 1.82) is 0 Å². The fourth-order valence-electron chi connectivity index (χ4n) is 1.93. The molecule has 128 valence electrons. The maximum Gasteiger partial charge on any atom is 0.226 e. The van der Waals surface area contributed by atoms with Gasteiger partial charge in [0.05, 0.1) is 6.61 Å². The zero-order chi connectivity index (χ0) is 17.5. The lowest BCUT2D eigenvalue weighted by Gasteiger charge is -2.17. The Kier molecular flexibility index (Phi) is 8.07. The fraction of sp³-hybridized carbons (Fsp3) is 0.412. The summed E-state index contributed by atoms with van der Waals surface area (Å²) in [5.41, 5.74) is 1.73. The van der Waals surface area contributed by atoms with Gasteiger partial charge in [0.25, 0.3) is 0 Å². The minimum Gasteiger partial charge on any atom is -0.391 e. The number of rotatable bonds is 8. The van der Waals surface area contributed by atoms with Crippen molar-refractivity contribution in [2.24, 2.45) is 5.92 Å². The van der Waals surface area contributed by atoms with Crippen molar-refractivity contribution in [1.82, 2.24) is 0 Å². The molecule has 0 aliphatic rings. The van der Waals surface area contributed by atoms with Gasteiger partial charge in [0.1, 0.15) is 0 Å². The predicted octanol–water partition coefficient (Wildman–Crippen LogP) is 3.64. The average Bonchev–Trinajstić information content (AvgIpc) is 2.48. The SMILES string of the molecule is C=P(O)(CC/C=C(\Cl)CO)Cc1ccc(NC(=O)C(C)C)cc1. The molecule has 3 N–H and O–H groups in total. The summed E-state index contributed by atoms with van der Waals surface area (Å²) >= 11 is 5.72. The summed E-state index contributed by atoms with van der Waals surface area (Å²) in [5, 5.41) is 12.0. The van der Waals surface area contributed by atoms with Crippen molar-refractivity contribution in [2.75, 3.05) is 18.1 Å². The molecule has 0 heterocycles. The molecule has 0 saturated carbocycles. The molecule has 1 unspecified atom stereocenters. The lowest BCUT2D eigenvalue weighted by molar-refractivity contribution is -0.118. The monoisotopic (exact) mass is 357 g/mol. The van der Waals surface area contributed by atoms with Gasteiger partial charge in [0, 0.05) is 29.9 Å². The van der Waals surface area contributed by atoms with Crippen LogP contribution >= 0.6 is 18.7 Å². The molecular weight excluding hydrogens is 333 g/mol. The van der Waals surface area contributed by atoms with Crippen molar-refractivity contribution in [3.05, 3.63) is 40.9 Å². The van der Waals surface area contributed by atoms with E-state index < -0.39 is 7.11 Å². The summed E-state index contributed by atoms with van der Waals surface area (Å²) in [6.07, 6.45) is 7.31. The first-order chi connectivity index (χ1) is 10.7. The highest BCUT2D eigenvalue weighted by molar-refractivity contribution is 7.67. The number of carbonyl (C=O) groups excluding carboxylic acids is 1. The molecule has 0 radical (unpaired) electrons. The van der Waals surface area contributed by atoms with E-state index in [0.29, 0.717) is 23.8 Å². The van der Waals surface area contributed by atoms with Crippen LogP contribution in [0.1, 0.15) is 25.8 Å². The minimum atomic E-state index is -2.31. The van der Waals surface area contributed by atoms with Gasteiger partial charge in [-0.05, 0) is 30.3 Å². The quantitative estimate of drug-likeness (QED) is 0.622. The van der Waals surface area contributed by atoms with Gasteiger partial charge < -0.3 is 15.3 Å². The minimum absolute atomic E-state index is 0.0218. The number of anilines is 1. The normalized spacial score (nSPS) is 14.6. The highest BCUT2D eigenvalue weighted by atomic mass is 35.5. The number of carbonyl (C=O) groups is 1. The van der Waals surface area contributed by atoms with E-state index in [2.05, 4.69) is 11.6 Å². The van der Waals surface area contributed by atoms with E-state index in [4.69, 9.17) is 16.7 Å². The molecule has 1 aromatic rings. The van der Waals surface area contributed by atoms with E-state index in [0.717, 1.165) is 11.3 Å². The van der Waals surface area contributed by atoms with Gasteiger partial charge in [-0.2, -0.15) is 0 Å². The molecule has 1 aromatic carbocycles. The Morgan fingerprint density at radius 2 is 2.00 bits per heavy atom. The van der Waals surface area contributed by atoms with Crippen molar-refractivity contribution < 1.29 is 14.8 Å². The van der Waals surface area contributed by atoms with Crippen LogP contribution < -0.4 is 5.32 Å². The summed E-state index contributed by atoms with van der Waals surface area (Å²) in [6.45, 7) is 3.50. The van der Waals surface area contributed by atoms with Crippen LogP contribution in [0, 0.1) is 5.92 Å². The summed E-state index contributed by atoms with van der Waals surface area (Å²) < 4.78 is 0. The molecule has 1 rings (SSSR count). The highest BCUT2D eigenvalue weighted by Gasteiger charge is 2.11. The summed E-state index contributed by atoms with van der Waals surface area (Å²) in [7, 11) is -2.31. The van der Waals surface area contributed by atoms with E-state index >= 15 is 0 Å². The van der Waals surface area contributed by atoms with Crippen molar-refractivity contribution in [3.63, 3.8) is 0 Å². The van der Waals surface area contributed by atoms with E-state index in [1.165, 1.54) is 0 Å². The zero-order valence-corrected chi connectivity index (χ0v) is 15.3. The van der Waals surface area contributed by atoms with E-state index in [1.807, 2.05) is 38.1 Å². The molecule has 23 heavy (non-hydrogen) atoms. The predicted molar refractivity (Wildman–Crippen MR) is 100 cm³/mol. The maximum atomic E-state index is 11.6. The van der Waals surface area contributed by atoms with Crippen LogP contribution in [0.2, 0.25) is 0 Å². The van der Waals surface area contributed by atoms with Crippen LogP contribution in [0.15, 0.2) is 35.4 Å². The lowest BCUT2D eigenvalue weighted by Crippen LogP contribution is -2.17. The molecule has 0 aliphatic carbocycles. The molecule has 1 atom stereocenters. The number of hydrogen-bond acceptors (Lipinski definition) is 3. The third kappa shape index (κ3) is 7.85. The first kappa shape index (κ1) is 20.0. The van der Waals surface area contributed by atoms with Gasteiger partial charge in [-0.1, -0.05) is 50.0 Å². The number of benzene rings is 1. The topological polar surface area (TPSA) is 69.6 Å². The lowest BCUT2D eigenvalue weighted by atomic mass is 10.2. The standard InChI is InChI=1S/C17H25ClNO3P/c1-13(2)17(21)19-16-8-6-14(7-9-16)12-23(3,22)10-4-5-15(18)11-20/h5-9,13,20,22H,3-4,10-12H2,1-2H3,(H,19,21)/b15-5-. The second kappa shape index (κ2) is 9.29. The Balaban J connectivity index is 2.59. The molecule has 0 saturated heterocycles. The molecule has 0 aliphatic heterocycles. The van der Waals surface area contributed by atoms with Crippen LogP contribution in [0.4, 0.5) is 5.69 Å². The van der Waals surface area contributed by atoms with Crippen LogP contribution in [0.3, 0.4) is 0 Å².